The molecule has 0 bridgehead atoms. The molecule has 2 aliphatic carbocycles. The second-order valence-electron chi connectivity index (χ2n) is 7.23. The number of carbonyl (C=O) groups excluding carboxylic acids is 2. The van der Waals surface area contributed by atoms with Crippen molar-refractivity contribution >= 4 is 11.9 Å². The fourth-order valence-corrected chi connectivity index (χ4v) is 4.57. The lowest BCUT2D eigenvalue weighted by Crippen LogP contribution is -2.52. The van der Waals surface area contributed by atoms with E-state index >= 15 is 0 Å². The summed E-state index contributed by atoms with van der Waals surface area (Å²) in [6.07, 6.45) is 12.1. The van der Waals surface area contributed by atoms with E-state index in [1.54, 1.807) is 0 Å². The molecular weight excluding hydrogens is 278 g/mol. The average Bonchev–Trinajstić information content (AvgIpc) is 3.00. The minimum Gasteiger partial charge on any atom is -0.335 e. The third-order valence-electron chi connectivity index (χ3n) is 5.65. The number of nitrogens with zero attached hydrogens (tertiary/aromatic N) is 1. The topological polar surface area (TPSA) is 61.4 Å². The summed E-state index contributed by atoms with van der Waals surface area (Å²) < 4.78 is 0. The van der Waals surface area contributed by atoms with Crippen molar-refractivity contribution in [3.05, 3.63) is 0 Å². The van der Waals surface area contributed by atoms with Gasteiger partial charge in [0.05, 0.1) is 6.54 Å². The number of urea groups is 1. The van der Waals surface area contributed by atoms with Crippen LogP contribution in [0.15, 0.2) is 0 Å². The molecule has 0 aromatic rings. The van der Waals surface area contributed by atoms with E-state index in [-0.39, 0.29) is 18.0 Å². The van der Waals surface area contributed by atoms with E-state index in [9.17, 15) is 9.59 Å². The molecule has 0 spiro atoms. The van der Waals surface area contributed by atoms with E-state index in [0.717, 1.165) is 25.3 Å². The number of hydrogen-bond acceptors (Lipinski definition) is 3. The van der Waals surface area contributed by atoms with Crippen molar-refractivity contribution in [1.29, 1.82) is 0 Å². The molecule has 2 atom stereocenters. The summed E-state index contributed by atoms with van der Waals surface area (Å²) in [6, 6.07) is 0.505. The molecular formula is C17H29N3O2. The largest absolute Gasteiger partial charge is 0.335 e. The molecule has 0 unspecified atom stereocenters. The molecule has 1 aliphatic heterocycles. The number of fused-ring (bicyclic) bond motifs is 1. The molecule has 1 heterocycles. The zero-order valence-corrected chi connectivity index (χ0v) is 13.5. The number of carbonyl (C=O) groups is 2. The van der Waals surface area contributed by atoms with Gasteiger partial charge in [-0.2, -0.15) is 0 Å². The van der Waals surface area contributed by atoms with E-state index in [2.05, 4.69) is 15.5 Å². The summed E-state index contributed by atoms with van der Waals surface area (Å²) >= 11 is 0. The quantitative estimate of drug-likeness (QED) is 0.841. The normalized spacial score (nSPS) is 29.8. The van der Waals surface area contributed by atoms with Gasteiger partial charge in [-0.15, -0.1) is 0 Å². The zero-order chi connectivity index (χ0) is 15.4. The molecule has 3 fully saturated rings. The predicted molar refractivity (Wildman–Crippen MR) is 85.5 cm³/mol. The highest BCUT2D eigenvalue weighted by Crippen LogP contribution is 2.34. The molecule has 0 aromatic heterocycles. The van der Waals surface area contributed by atoms with E-state index in [4.69, 9.17) is 0 Å². The Kier molecular flexibility index (Phi) is 5.34. The molecule has 124 valence electrons. The van der Waals surface area contributed by atoms with Crippen LogP contribution in [0.3, 0.4) is 0 Å². The van der Waals surface area contributed by atoms with Gasteiger partial charge in [0.1, 0.15) is 0 Å². The summed E-state index contributed by atoms with van der Waals surface area (Å²) in [4.78, 5) is 26.3. The van der Waals surface area contributed by atoms with E-state index in [0.29, 0.717) is 12.6 Å². The van der Waals surface area contributed by atoms with Gasteiger partial charge in [-0.05, 0) is 51.0 Å². The van der Waals surface area contributed by atoms with Crippen LogP contribution in [0.2, 0.25) is 0 Å². The van der Waals surface area contributed by atoms with Crippen LogP contribution in [0.4, 0.5) is 4.79 Å². The Morgan fingerprint density at radius 3 is 2.41 bits per heavy atom. The van der Waals surface area contributed by atoms with Gasteiger partial charge in [-0.3, -0.25) is 15.0 Å². The molecule has 22 heavy (non-hydrogen) atoms. The summed E-state index contributed by atoms with van der Waals surface area (Å²) in [5, 5.41) is 5.43. The highest BCUT2D eigenvalue weighted by molar-refractivity contribution is 5.95. The van der Waals surface area contributed by atoms with Gasteiger partial charge in [0.25, 0.3) is 0 Å². The van der Waals surface area contributed by atoms with Crippen molar-refractivity contribution in [2.45, 2.75) is 76.3 Å². The summed E-state index contributed by atoms with van der Waals surface area (Å²) in [7, 11) is 0. The number of nitrogens with one attached hydrogen (secondary N) is 2. The van der Waals surface area contributed by atoms with Gasteiger partial charge in [0.2, 0.25) is 5.91 Å². The maximum atomic E-state index is 12.2. The third-order valence-corrected chi connectivity index (χ3v) is 5.65. The lowest BCUT2D eigenvalue weighted by molar-refractivity contribution is -0.122. The minimum atomic E-state index is -0.311. The molecule has 3 aliphatic rings. The van der Waals surface area contributed by atoms with Crippen LogP contribution in [0.5, 0.6) is 0 Å². The summed E-state index contributed by atoms with van der Waals surface area (Å²) in [5.74, 6) is 0.615. The molecule has 0 radical (unpaired) electrons. The van der Waals surface area contributed by atoms with Crippen molar-refractivity contribution in [2.24, 2.45) is 5.92 Å². The molecule has 5 nitrogen and oxygen atoms in total. The average molecular weight is 307 g/mol. The van der Waals surface area contributed by atoms with Gasteiger partial charge in [0.15, 0.2) is 0 Å². The van der Waals surface area contributed by atoms with Gasteiger partial charge >= 0.3 is 6.03 Å². The Bertz CT molecular complexity index is 405. The number of piperidine rings is 1. The van der Waals surface area contributed by atoms with Crippen LogP contribution in [0.25, 0.3) is 0 Å². The second kappa shape index (κ2) is 7.44. The molecule has 2 saturated carbocycles. The molecule has 5 heteroatoms. The second-order valence-corrected chi connectivity index (χ2v) is 7.23. The predicted octanol–water partition coefficient (Wildman–Crippen LogP) is 2.41. The van der Waals surface area contributed by atoms with Crippen LogP contribution in [0.1, 0.15) is 64.2 Å². The fraction of sp³-hybridized carbons (Fsp3) is 0.882. The standard InChI is InChI=1S/C17H29N3O2/c21-16(19-17(22)18-14-8-2-3-9-14)12-20-11-5-7-13-6-1-4-10-15(13)20/h13-15H,1-12H2,(H2,18,19,21,22)/t13-,15+/m0/s1. The van der Waals surface area contributed by atoms with Crippen LogP contribution in [0, 0.1) is 5.92 Å². The maximum absolute atomic E-state index is 12.2. The molecule has 1 saturated heterocycles. The Hall–Kier alpha value is -1.10. The van der Waals surface area contributed by atoms with Gasteiger partial charge in [0, 0.05) is 12.1 Å². The Morgan fingerprint density at radius 2 is 1.59 bits per heavy atom. The first-order chi connectivity index (χ1) is 10.7. The maximum Gasteiger partial charge on any atom is 0.321 e. The van der Waals surface area contributed by atoms with E-state index in [1.807, 2.05) is 0 Å². The summed E-state index contributed by atoms with van der Waals surface area (Å²) in [6.45, 7) is 1.37. The van der Waals surface area contributed by atoms with Crippen molar-refractivity contribution in [3.8, 4) is 0 Å². The number of amides is 3. The smallest absolute Gasteiger partial charge is 0.321 e. The number of imide groups is 1. The molecule has 3 amide bonds. The molecule has 2 N–H and O–H groups in total. The number of likely N-dealkylation sites (tertiary alicyclic amines) is 1. The van der Waals surface area contributed by atoms with Gasteiger partial charge in [-0.25, -0.2) is 4.79 Å². The molecule has 3 rings (SSSR count). The number of hydrogen-bond donors (Lipinski definition) is 2. The zero-order valence-electron chi connectivity index (χ0n) is 13.5. The first kappa shape index (κ1) is 15.8. The van der Waals surface area contributed by atoms with Gasteiger partial charge in [-0.1, -0.05) is 25.7 Å². The Labute approximate surface area is 133 Å². The van der Waals surface area contributed by atoms with Crippen molar-refractivity contribution in [2.75, 3.05) is 13.1 Å². The van der Waals surface area contributed by atoms with E-state index < -0.39 is 0 Å². The van der Waals surface area contributed by atoms with Gasteiger partial charge < -0.3 is 5.32 Å². The first-order valence-electron chi connectivity index (χ1n) is 9.07. The van der Waals surface area contributed by atoms with Crippen molar-refractivity contribution in [1.82, 2.24) is 15.5 Å². The highest BCUT2D eigenvalue weighted by atomic mass is 16.2. The SMILES string of the molecule is O=C(CN1CCC[C@@H]2CCCC[C@H]21)NC(=O)NC1CCCC1. The van der Waals surface area contributed by atoms with E-state index in [1.165, 1.54) is 51.4 Å². The number of rotatable bonds is 3. The first-order valence-corrected chi connectivity index (χ1v) is 9.07. The third kappa shape index (κ3) is 4.00. The summed E-state index contributed by atoms with van der Waals surface area (Å²) in [5.41, 5.74) is 0. The highest BCUT2D eigenvalue weighted by Gasteiger charge is 2.34. The van der Waals surface area contributed by atoms with Crippen LogP contribution in [-0.4, -0.2) is 42.0 Å². The van der Waals surface area contributed by atoms with Crippen molar-refractivity contribution in [3.63, 3.8) is 0 Å². The van der Waals surface area contributed by atoms with Crippen LogP contribution >= 0.6 is 0 Å². The Morgan fingerprint density at radius 1 is 0.909 bits per heavy atom. The lowest BCUT2D eigenvalue weighted by Gasteiger charge is -2.43. The Balaban J connectivity index is 1.45. The molecule has 0 aromatic carbocycles. The monoisotopic (exact) mass is 307 g/mol. The van der Waals surface area contributed by atoms with Crippen LogP contribution < -0.4 is 10.6 Å². The van der Waals surface area contributed by atoms with Crippen LogP contribution in [-0.2, 0) is 4.79 Å². The lowest BCUT2D eigenvalue weighted by atomic mass is 9.78. The fourth-order valence-electron chi connectivity index (χ4n) is 4.57. The minimum absolute atomic E-state index is 0.151. The van der Waals surface area contributed by atoms with Crippen molar-refractivity contribution < 1.29 is 9.59 Å².